The molecule has 29 heavy (non-hydrogen) atoms. The predicted molar refractivity (Wildman–Crippen MR) is 110 cm³/mol. The van der Waals surface area contributed by atoms with E-state index < -0.39 is 28.3 Å². The average molecular weight is 417 g/mol. The maximum Gasteiger partial charge on any atom is 0.421 e. The highest BCUT2D eigenvalue weighted by atomic mass is 32.2. The topological polar surface area (TPSA) is 114 Å². The van der Waals surface area contributed by atoms with E-state index >= 15 is 0 Å². The van der Waals surface area contributed by atoms with Crippen LogP contribution < -0.4 is 15.4 Å². The van der Waals surface area contributed by atoms with Crippen LogP contribution in [0.3, 0.4) is 0 Å². The van der Waals surface area contributed by atoms with E-state index in [-0.39, 0.29) is 17.9 Å². The van der Waals surface area contributed by atoms with Crippen LogP contribution in [0.25, 0.3) is 0 Å². The van der Waals surface area contributed by atoms with Crippen LogP contribution in [0.1, 0.15) is 12.0 Å². The monoisotopic (exact) mass is 417 g/mol. The van der Waals surface area contributed by atoms with Crippen molar-refractivity contribution in [1.29, 1.82) is 0 Å². The zero-order valence-electron chi connectivity index (χ0n) is 15.9. The molecule has 0 saturated carbocycles. The van der Waals surface area contributed by atoms with E-state index in [1.807, 2.05) is 17.7 Å². The molecule has 0 aliphatic rings. The quantitative estimate of drug-likeness (QED) is 0.571. The van der Waals surface area contributed by atoms with E-state index in [4.69, 9.17) is 4.74 Å². The Morgan fingerprint density at radius 3 is 2.38 bits per heavy atom. The first-order valence-corrected chi connectivity index (χ1v) is 10.3. The summed E-state index contributed by atoms with van der Waals surface area (Å²) in [5.41, 5.74) is 1.53. The minimum Gasteiger partial charge on any atom is -0.441 e. The Morgan fingerprint density at radius 1 is 1.10 bits per heavy atom. The highest BCUT2D eigenvalue weighted by Gasteiger charge is 2.20. The van der Waals surface area contributed by atoms with E-state index in [9.17, 15) is 18.0 Å². The summed E-state index contributed by atoms with van der Waals surface area (Å²) < 4.78 is 31.3. The molecule has 2 aromatic rings. The summed E-state index contributed by atoms with van der Waals surface area (Å²) in [7, 11) is -4.04. The van der Waals surface area contributed by atoms with Crippen molar-refractivity contribution in [2.75, 3.05) is 11.9 Å². The normalized spacial score (nSPS) is 11.8. The number of hydrogen-bond donors (Lipinski definition) is 3. The molecule has 2 rings (SSSR count). The van der Waals surface area contributed by atoms with Crippen molar-refractivity contribution in [3.05, 3.63) is 72.8 Å². The molecule has 0 bridgehead atoms. The van der Waals surface area contributed by atoms with Gasteiger partial charge < -0.3 is 15.4 Å². The van der Waals surface area contributed by atoms with Crippen molar-refractivity contribution in [2.24, 2.45) is 0 Å². The van der Waals surface area contributed by atoms with Gasteiger partial charge in [0.15, 0.2) is 0 Å². The second-order valence-electron chi connectivity index (χ2n) is 6.13. The molecule has 3 amide bonds. The Balaban J connectivity index is 1.79. The number of aryl methyl sites for hydroxylation is 1. The number of hydrogen-bond acceptors (Lipinski definition) is 5. The highest BCUT2D eigenvalue weighted by molar-refractivity contribution is 7.90. The third kappa shape index (κ3) is 7.30. The number of urea groups is 1. The van der Waals surface area contributed by atoms with Gasteiger partial charge in [0.05, 0.1) is 4.90 Å². The minimum absolute atomic E-state index is 0.0468. The molecular weight excluding hydrogens is 394 g/mol. The third-order valence-corrected chi connectivity index (χ3v) is 5.14. The summed E-state index contributed by atoms with van der Waals surface area (Å²) in [6.07, 6.45) is -0.317. The van der Waals surface area contributed by atoms with Gasteiger partial charge in [0.1, 0.15) is 6.10 Å². The van der Waals surface area contributed by atoms with Crippen LogP contribution in [0, 0.1) is 6.92 Å². The maximum atomic E-state index is 12.2. The zero-order chi connectivity index (χ0) is 21.3. The van der Waals surface area contributed by atoms with Gasteiger partial charge in [-0.25, -0.2) is 22.7 Å². The van der Waals surface area contributed by atoms with E-state index in [0.717, 1.165) is 5.56 Å². The molecule has 3 N–H and O–H groups in total. The van der Waals surface area contributed by atoms with E-state index in [1.54, 1.807) is 36.4 Å². The van der Waals surface area contributed by atoms with Gasteiger partial charge in [-0.2, -0.15) is 0 Å². The van der Waals surface area contributed by atoms with E-state index in [1.165, 1.54) is 18.2 Å². The number of para-hydroxylation sites is 1. The van der Waals surface area contributed by atoms with Gasteiger partial charge >= 0.3 is 12.1 Å². The number of sulfonamides is 1. The predicted octanol–water partition coefficient (Wildman–Crippen LogP) is 3.18. The molecule has 0 spiro atoms. The first-order valence-electron chi connectivity index (χ1n) is 8.83. The second kappa shape index (κ2) is 10.3. The second-order valence-corrected chi connectivity index (χ2v) is 7.82. The number of amides is 3. The Kier molecular flexibility index (Phi) is 7.79. The SMILES string of the molecule is C=C[C@@H](CCNC(=O)Nc1ccccc1)OC(=O)NS(=O)(=O)c1ccc(C)cc1. The van der Waals surface area contributed by atoms with Crippen molar-refractivity contribution >= 4 is 27.8 Å². The Morgan fingerprint density at radius 2 is 1.76 bits per heavy atom. The number of nitrogens with one attached hydrogen (secondary N) is 3. The van der Waals surface area contributed by atoms with Gasteiger partial charge in [0, 0.05) is 18.7 Å². The van der Waals surface area contributed by atoms with Crippen LogP contribution in [-0.2, 0) is 14.8 Å². The zero-order valence-corrected chi connectivity index (χ0v) is 16.7. The van der Waals surface area contributed by atoms with Crippen LogP contribution in [0.15, 0.2) is 72.1 Å². The number of ether oxygens (including phenoxy) is 1. The molecule has 8 nitrogen and oxygen atoms in total. The molecule has 1 atom stereocenters. The van der Waals surface area contributed by atoms with Gasteiger partial charge in [-0.15, -0.1) is 0 Å². The number of carbonyl (C=O) groups is 2. The van der Waals surface area contributed by atoms with Crippen molar-refractivity contribution < 1.29 is 22.7 Å². The Bertz CT molecular complexity index is 944. The number of anilines is 1. The average Bonchev–Trinajstić information content (AvgIpc) is 2.67. The largest absolute Gasteiger partial charge is 0.441 e. The molecule has 0 unspecified atom stereocenters. The minimum atomic E-state index is -4.04. The van der Waals surface area contributed by atoms with Crippen LogP contribution in [-0.4, -0.2) is 33.2 Å². The molecule has 0 aliphatic heterocycles. The van der Waals surface area contributed by atoms with Gasteiger partial charge in [-0.3, -0.25) is 0 Å². The number of carbonyl (C=O) groups excluding carboxylic acids is 2. The fourth-order valence-corrected chi connectivity index (χ4v) is 3.18. The molecule has 154 valence electrons. The first-order chi connectivity index (χ1) is 13.8. The van der Waals surface area contributed by atoms with Gasteiger partial charge in [0.2, 0.25) is 0 Å². The molecule has 0 saturated heterocycles. The van der Waals surface area contributed by atoms with Crippen molar-refractivity contribution in [3.8, 4) is 0 Å². The lowest BCUT2D eigenvalue weighted by Gasteiger charge is -2.15. The van der Waals surface area contributed by atoms with Crippen molar-refractivity contribution in [3.63, 3.8) is 0 Å². The number of benzene rings is 2. The Hall–Kier alpha value is -3.33. The summed E-state index contributed by atoms with van der Waals surface area (Å²) >= 11 is 0. The van der Waals surface area contributed by atoms with Gasteiger partial charge in [-0.05, 0) is 31.2 Å². The smallest absolute Gasteiger partial charge is 0.421 e. The van der Waals surface area contributed by atoms with Crippen molar-refractivity contribution in [1.82, 2.24) is 10.0 Å². The van der Waals surface area contributed by atoms with Crippen molar-refractivity contribution in [2.45, 2.75) is 24.3 Å². The van der Waals surface area contributed by atoms with E-state index in [0.29, 0.717) is 5.69 Å². The number of rotatable bonds is 8. The van der Waals surface area contributed by atoms with Crippen LogP contribution >= 0.6 is 0 Å². The highest BCUT2D eigenvalue weighted by Crippen LogP contribution is 2.10. The molecule has 0 heterocycles. The van der Waals surface area contributed by atoms with Gasteiger partial charge in [0.25, 0.3) is 10.0 Å². The maximum absolute atomic E-state index is 12.2. The third-order valence-electron chi connectivity index (χ3n) is 3.82. The lowest BCUT2D eigenvalue weighted by molar-refractivity contribution is 0.121. The lowest BCUT2D eigenvalue weighted by Crippen LogP contribution is -2.35. The van der Waals surface area contributed by atoms with Crippen LogP contribution in [0.2, 0.25) is 0 Å². The summed E-state index contributed by atoms with van der Waals surface area (Å²) in [5.74, 6) is 0. The van der Waals surface area contributed by atoms with Gasteiger partial charge in [-0.1, -0.05) is 48.6 Å². The molecule has 0 fully saturated rings. The summed E-state index contributed by atoms with van der Waals surface area (Å²) in [6, 6.07) is 14.5. The molecule has 0 aromatic heterocycles. The Labute approximate surface area is 170 Å². The summed E-state index contributed by atoms with van der Waals surface area (Å²) in [4.78, 5) is 23.7. The standard InChI is InChI=1S/C20H23N3O5S/c1-3-17(13-14-21-19(24)22-16-7-5-4-6-8-16)28-20(25)23-29(26,27)18-11-9-15(2)10-12-18/h3-12,17H,1,13-14H2,2H3,(H,23,25)(H2,21,22,24)/t17-/m0/s1. The summed E-state index contributed by atoms with van der Waals surface area (Å²) in [5, 5.41) is 5.27. The van der Waals surface area contributed by atoms with Crippen LogP contribution in [0.5, 0.6) is 0 Å². The summed E-state index contributed by atoms with van der Waals surface area (Å²) in [6.45, 7) is 5.57. The lowest BCUT2D eigenvalue weighted by atomic mass is 10.2. The van der Waals surface area contributed by atoms with Crippen LogP contribution in [0.4, 0.5) is 15.3 Å². The molecule has 9 heteroatoms. The molecule has 0 radical (unpaired) electrons. The molecular formula is C20H23N3O5S. The molecule has 2 aromatic carbocycles. The first kappa shape index (κ1) is 22.0. The fraction of sp³-hybridized carbons (Fsp3) is 0.200. The fourth-order valence-electron chi connectivity index (χ4n) is 2.30. The molecule has 0 aliphatic carbocycles. The van der Waals surface area contributed by atoms with E-state index in [2.05, 4.69) is 17.2 Å².